The van der Waals surface area contributed by atoms with Crippen LogP contribution in [0.4, 0.5) is 0 Å². The first-order valence-electron chi connectivity index (χ1n) is 6.71. The van der Waals surface area contributed by atoms with Gasteiger partial charge < -0.3 is 10.1 Å². The summed E-state index contributed by atoms with van der Waals surface area (Å²) in [6.45, 7) is 2.93. The lowest BCUT2D eigenvalue weighted by Gasteiger charge is -2.21. The Labute approximate surface area is 119 Å². The van der Waals surface area contributed by atoms with Gasteiger partial charge in [-0.2, -0.15) is 9.40 Å². The molecule has 0 spiro atoms. The molecule has 2 rings (SSSR count). The number of aromatic nitrogens is 2. The van der Waals surface area contributed by atoms with E-state index in [0.29, 0.717) is 36.0 Å². The highest BCUT2D eigenvalue weighted by atomic mass is 32.2. The number of methoxy groups -OCH3 is 1. The van der Waals surface area contributed by atoms with Gasteiger partial charge in [-0.1, -0.05) is 0 Å². The van der Waals surface area contributed by atoms with Crippen molar-refractivity contribution < 1.29 is 13.2 Å². The van der Waals surface area contributed by atoms with Crippen LogP contribution >= 0.6 is 0 Å². The molecule has 0 saturated heterocycles. The molecule has 114 valence electrons. The van der Waals surface area contributed by atoms with Crippen molar-refractivity contribution in [2.75, 3.05) is 27.3 Å². The first-order chi connectivity index (χ1) is 9.52. The zero-order chi connectivity index (χ0) is 14.8. The van der Waals surface area contributed by atoms with Crippen molar-refractivity contribution in [1.29, 1.82) is 0 Å². The summed E-state index contributed by atoms with van der Waals surface area (Å²) in [7, 11) is -0.186. The number of aryl methyl sites for hydroxylation is 1. The molecule has 0 atom stereocenters. The zero-order valence-corrected chi connectivity index (χ0v) is 13.0. The first kappa shape index (κ1) is 15.4. The Morgan fingerprint density at radius 1 is 1.50 bits per heavy atom. The van der Waals surface area contributed by atoms with Crippen molar-refractivity contribution in [3.63, 3.8) is 0 Å². The minimum Gasteiger partial charge on any atom is -0.383 e. The van der Waals surface area contributed by atoms with E-state index in [4.69, 9.17) is 4.74 Å². The van der Waals surface area contributed by atoms with Gasteiger partial charge in [-0.15, -0.1) is 0 Å². The van der Waals surface area contributed by atoms with Crippen LogP contribution in [0.2, 0.25) is 0 Å². The van der Waals surface area contributed by atoms with E-state index < -0.39 is 10.0 Å². The van der Waals surface area contributed by atoms with Crippen molar-refractivity contribution in [2.45, 2.75) is 37.2 Å². The van der Waals surface area contributed by atoms with E-state index in [-0.39, 0.29) is 6.04 Å². The minimum absolute atomic E-state index is 0.104. The third kappa shape index (κ3) is 3.03. The largest absolute Gasteiger partial charge is 0.383 e. The molecular formula is C12H22N4O3S. The molecule has 2 N–H and O–H groups in total. The molecule has 1 aliphatic carbocycles. The van der Waals surface area contributed by atoms with Crippen LogP contribution in [0, 0.1) is 6.92 Å². The molecule has 1 fully saturated rings. The molecule has 7 nitrogen and oxygen atoms in total. The van der Waals surface area contributed by atoms with Crippen LogP contribution in [-0.2, 0) is 21.3 Å². The summed E-state index contributed by atoms with van der Waals surface area (Å²) in [4.78, 5) is 0.301. The molecule has 0 aliphatic heterocycles. The van der Waals surface area contributed by atoms with E-state index in [1.807, 2.05) is 0 Å². The summed E-state index contributed by atoms with van der Waals surface area (Å²) in [6, 6.07) is 0.104. The molecule has 1 saturated carbocycles. The van der Waals surface area contributed by atoms with Gasteiger partial charge >= 0.3 is 0 Å². The second kappa shape index (κ2) is 6.21. The number of hydrogen-bond donors (Lipinski definition) is 2. The maximum Gasteiger partial charge on any atom is 0.247 e. The molecule has 1 aromatic rings. The molecule has 0 aromatic carbocycles. The Bertz CT molecular complexity index is 551. The predicted molar refractivity (Wildman–Crippen MR) is 74.9 cm³/mol. The minimum atomic E-state index is -3.53. The Morgan fingerprint density at radius 2 is 2.20 bits per heavy atom. The monoisotopic (exact) mass is 302 g/mol. The maximum absolute atomic E-state index is 12.9. The maximum atomic E-state index is 12.9. The summed E-state index contributed by atoms with van der Waals surface area (Å²) in [5.74, 6) is 0. The van der Waals surface area contributed by atoms with E-state index >= 15 is 0 Å². The summed E-state index contributed by atoms with van der Waals surface area (Å²) in [6.07, 6.45) is 1.84. The van der Waals surface area contributed by atoms with Gasteiger partial charge in [0.15, 0.2) is 0 Å². The Morgan fingerprint density at radius 3 is 2.75 bits per heavy atom. The van der Waals surface area contributed by atoms with Crippen molar-refractivity contribution in [3.8, 4) is 0 Å². The number of nitrogens with zero attached hydrogens (tertiary/aromatic N) is 2. The van der Waals surface area contributed by atoms with Gasteiger partial charge in [0.05, 0.1) is 18.0 Å². The third-order valence-corrected chi connectivity index (χ3v) is 5.50. The second-order valence-electron chi connectivity index (χ2n) is 4.99. The smallest absolute Gasteiger partial charge is 0.247 e. The third-order valence-electron chi connectivity index (χ3n) is 3.34. The first-order valence-corrected chi connectivity index (χ1v) is 8.15. The zero-order valence-electron chi connectivity index (χ0n) is 12.1. The molecular weight excluding hydrogens is 280 g/mol. The van der Waals surface area contributed by atoms with Crippen molar-refractivity contribution in [2.24, 2.45) is 0 Å². The predicted octanol–water partition coefficient (Wildman–Crippen LogP) is 0.237. The van der Waals surface area contributed by atoms with Crippen LogP contribution in [0.1, 0.15) is 24.2 Å². The van der Waals surface area contributed by atoms with Crippen LogP contribution in [0.3, 0.4) is 0 Å². The van der Waals surface area contributed by atoms with Gasteiger partial charge in [-0.05, 0) is 26.8 Å². The van der Waals surface area contributed by atoms with E-state index in [1.165, 1.54) is 0 Å². The molecule has 0 radical (unpaired) electrons. The number of sulfonamides is 1. The van der Waals surface area contributed by atoms with Gasteiger partial charge in [0.2, 0.25) is 10.0 Å². The Balaban J connectivity index is 2.34. The van der Waals surface area contributed by atoms with E-state index in [0.717, 1.165) is 12.8 Å². The van der Waals surface area contributed by atoms with Gasteiger partial charge in [0.1, 0.15) is 4.90 Å². The number of H-pyrrole nitrogens is 1. The molecule has 0 amide bonds. The number of nitrogens with one attached hydrogen (secondary N) is 2. The van der Waals surface area contributed by atoms with E-state index in [9.17, 15) is 8.42 Å². The highest BCUT2D eigenvalue weighted by Crippen LogP contribution is 2.33. The number of rotatable bonds is 8. The fourth-order valence-electron chi connectivity index (χ4n) is 2.26. The number of ether oxygens (including phenoxy) is 1. The Hall–Kier alpha value is -0.960. The van der Waals surface area contributed by atoms with Crippen molar-refractivity contribution >= 4 is 10.0 Å². The lowest BCUT2D eigenvalue weighted by Crippen LogP contribution is -2.36. The fourth-order valence-corrected chi connectivity index (χ4v) is 4.26. The van der Waals surface area contributed by atoms with Crippen LogP contribution < -0.4 is 5.32 Å². The van der Waals surface area contributed by atoms with Crippen LogP contribution in [0.15, 0.2) is 4.90 Å². The summed E-state index contributed by atoms with van der Waals surface area (Å²) < 4.78 is 32.3. The number of hydrogen-bond acceptors (Lipinski definition) is 5. The summed E-state index contributed by atoms with van der Waals surface area (Å²) in [5.41, 5.74) is 1.12. The normalized spacial score (nSPS) is 16.0. The van der Waals surface area contributed by atoms with Gasteiger partial charge in [0, 0.05) is 26.2 Å². The highest BCUT2D eigenvalue weighted by Gasteiger charge is 2.40. The molecule has 8 heteroatoms. The fraction of sp³-hybridized carbons (Fsp3) is 0.750. The SMILES string of the molecule is CNCc1n[nH]c(C)c1S(=O)(=O)N(CCOC)C1CC1. The standard InChI is InChI=1S/C12H22N4O3S/c1-9-12(11(8-13-2)15-14-9)20(17,18)16(6-7-19-3)10-4-5-10/h10,13H,4-8H2,1-3H3,(H,14,15). The molecule has 0 bridgehead atoms. The van der Waals surface area contributed by atoms with E-state index in [1.54, 1.807) is 25.4 Å². The second-order valence-corrected chi connectivity index (χ2v) is 6.82. The van der Waals surface area contributed by atoms with Gasteiger partial charge in [0.25, 0.3) is 0 Å². The Kier molecular flexibility index (Phi) is 4.79. The lowest BCUT2D eigenvalue weighted by atomic mass is 10.4. The van der Waals surface area contributed by atoms with Crippen molar-refractivity contribution in [3.05, 3.63) is 11.4 Å². The van der Waals surface area contributed by atoms with Crippen molar-refractivity contribution in [1.82, 2.24) is 19.8 Å². The average Bonchev–Trinajstić information content (AvgIpc) is 3.14. The topological polar surface area (TPSA) is 87.3 Å². The van der Waals surface area contributed by atoms with Crippen LogP contribution in [-0.4, -0.2) is 56.3 Å². The molecule has 0 unspecified atom stereocenters. The average molecular weight is 302 g/mol. The molecule has 1 aliphatic rings. The van der Waals surface area contributed by atoms with Gasteiger partial charge in [-0.3, -0.25) is 5.10 Å². The molecule has 1 heterocycles. The summed E-state index contributed by atoms with van der Waals surface area (Å²) in [5, 5.41) is 9.81. The van der Waals surface area contributed by atoms with E-state index in [2.05, 4.69) is 15.5 Å². The summed E-state index contributed by atoms with van der Waals surface area (Å²) >= 11 is 0. The highest BCUT2D eigenvalue weighted by molar-refractivity contribution is 7.89. The lowest BCUT2D eigenvalue weighted by molar-refractivity contribution is 0.177. The van der Waals surface area contributed by atoms with Crippen LogP contribution in [0.25, 0.3) is 0 Å². The molecule has 1 aromatic heterocycles. The van der Waals surface area contributed by atoms with Gasteiger partial charge in [-0.25, -0.2) is 8.42 Å². The number of aromatic amines is 1. The quantitative estimate of drug-likeness (QED) is 0.718. The molecule has 20 heavy (non-hydrogen) atoms. The van der Waals surface area contributed by atoms with Crippen LogP contribution in [0.5, 0.6) is 0 Å².